The van der Waals surface area contributed by atoms with Gasteiger partial charge in [0.2, 0.25) is 0 Å². The Morgan fingerprint density at radius 3 is 1.83 bits per heavy atom. The van der Waals surface area contributed by atoms with Gasteiger partial charge in [-0.1, -0.05) is 120 Å². The number of aliphatic hydroxyl groups is 4. The van der Waals surface area contributed by atoms with Crippen molar-refractivity contribution >= 4 is 6.09 Å². The van der Waals surface area contributed by atoms with E-state index in [1.165, 1.54) is 0 Å². The minimum atomic E-state index is -1.45. The molecular formula is C54H64N4O14. The SMILES string of the molecule is COc1ccc(OC[C@@H]2O[C@@H](OCCCCCN(Cc3ccccc3)C(=O)OCc3ccc(CO)cc3)[C@H](O)[C@@H](OCc3ccccc3)[C@@H]2O[C@H]2O[C@H](CO)[C@@H](O)[C@H](OCc3ccccc3)[C@H]2N=[N+]=[N-])cc1. The third-order valence-corrected chi connectivity index (χ3v) is 12.4. The highest BCUT2D eigenvalue weighted by molar-refractivity contribution is 5.67. The van der Waals surface area contributed by atoms with E-state index in [1.54, 1.807) is 48.4 Å². The van der Waals surface area contributed by atoms with Crippen LogP contribution in [0.2, 0.25) is 0 Å². The van der Waals surface area contributed by atoms with Crippen LogP contribution >= 0.6 is 0 Å². The first-order valence-corrected chi connectivity index (χ1v) is 24.1. The highest BCUT2D eigenvalue weighted by Crippen LogP contribution is 2.34. The molecule has 0 spiro atoms. The molecule has 0 unspecified atom stereocenters. The van der Waals surface area contributed by atoms with Crippen LogP contribution in [0.3, 0.4) is 0 Å². The zero-order valence-corrected chi connectivity index (χ0v) is 40.2. The number of hydrogen-bond acceptors (Lipinski definition) is 15. The van der Waals surface area contributed by atoms with E-state index in [1.807, 2.05) is 103 Å². The van der Waals surface area contributed by atoms with E-state index in [-0.39, 0.29) is 39.6 Å². The zero-order valence-electron chi connectivity index (χ0n) is 40.2. The van der Waals surface area contributed by atoms with Gasteiger partial charge in [-0.25, -0.2) is 4.79 Å². The largest absolute Gasteiger partial charge is 0.497 e. The Balaban J connectivity index is 1.06. The van der Waals surface area contributed by atoms with Crippen LogP contribution in [-0.2, 0) is 66.1 Å². The maximum atomic E-state index is 13.4. The van der Waals surface area contributed by atoms with Crippen molar-refractivity contribution in [1.29, 1.82) is 0 Å². The average molecular weight is 993 g/mol. The van der Waals surface area contributed by atoms with Crippen LogP contribution in [0.15, 0.2) is 145 Å². The lowest BCUT2D eigenvalue weighted by atomic mass is 9.95. The van der Waals surface area contributed by atoms with Crippen molar-refractivity contribution in [3.05, 3.63) is 178 Å². The number of azide groups is 1. The van der Waals surface area contributed by atoms with Crippen molar-refractivity contribution in [1.82, 2.24) is 4.90 Å². The lowest BCUT2D eigenvalue weighted by molar-refractivity contribution is -0.352. The maximum Gasteiger partial charge on any atom is 0.410 e. The Morgan fingerprint density at radius 2 is 1.22 bits per heavy atom. The van der Waals surface area contributed by atoms with Crippen molar-refractivity contribution in [2.75, 3.05) is 33.5 Å². The third kappa shape index (κ3) is 15.4. The van der Waals surface area contributed by atoms with Gasteiger partial charge in [0.1, 0.15) is 67.4 Å². The van der Waals surface area contributed by atoms with E-state index in [4.69, 9.17) is 42.6 Å². The molecule has 0 bridgehead atoms. The number of methoxy groups -OCH3 is 1. The minimum Gasteiger partial charge on any atom is -0.497 e. The molecule has 5 aromatic carbocycles. The molecule has 2 aliphatic heterocycles. The monoisotopic (exact) mass is 992 g/mol. The predicted octanol–water partition coefficient (Wildman–Crippen LogP) is 6.99. The molecule has 2 heterocycles. The fraction of sp³-hybridized carbons (Fsp3) is 0.426. The average Bonchev–Trinajstić information content (AvgIpc) is 3.42. The highest BCUT2D eigenvalue weighted by atomic mass is 16.7. The zero-order chi connectivity index (χ0) is 50.5. The van der Waals surface area contributed by atoms with Gasteiger partial charge in [0.25, 0.3) is 0 Å². The number of hydrogen-bond donors (Lipinski definition) is 4. The lowest BCUT2D eigenvalue weighted by Gasteiger charge is -2.48. The summed E-state index contributed by atoms with van der Waals surface area (Å²) >= 11 is 0. The predicted molar refractivity (Wildman–Crippen MR) is 262 cm³/mol. The van der Waals surface area contributed by atoms with Crippen LogP contribution in [0.1, 0.15) is 47.1 Å². The van der Waals surface area contributed by atoms with Gasteiger partial charge >= 0.3 is 6.09 Å². The number of carbonyl (C=O) groups excluding carboxylic acids is 1. The van der Waals surface area contributed by atoms with Crippen molar-refractivity contribution in [3.63, 3.8) is 0 Å². The quantitative estimate of drug-likeness (QED) is 0.0189. The molecule has 0 radical (unpaired) electrons. The number of aliphatic hydroxyl groups excluding tert-OH is 4. The lowest BCUT2D eigenvalue weighted by Crippen LogP contribution is -2.65. The molecule has 18 heteroatoms. The van der Waals surface area contributed by atoms with Gasteiger partial charge in [-0.3, -0.25) is 0 Å². The second kappa shape index (κ2) is 28.2. The van der Waals surface area contributed by atoms with E-state index in [0.29, 0.717) is 43.9 Å². The molecule has 0 aromatic heterocycles. The first kappa shape index (κ1) is 53.7. The molecule has 72 heavy (non-hydrogen) atoms. The summed E-state index contributed by atoms with van der Waals surface area (Å²) in [6.07, 6.45) is -9.96. The van der Waals surface area contributed by atoms with Crippen LogP contribution in [0, 0.1) is 0 Å². The number of unbranched alkanes of at least 4 members (excludes halogenated alkanes) is 2. The summed E-state index contributed by atoms with van der Waals surface area (Å²) in [5.74, 6) is 1.10. The Morgan fingerprint density at radius 1 is 0.639 bits per heavy atom. The van der Waals surface area contributed by atoms with E-state index in [0.717, 1.165) is 27.8 Å². The molecule has 2 saturated heterocycles. The van der Waals surface area contributed by atoms with Crippen LogP contribution < -0.4 is 9.47 Å². The molecule has 7 rings (SSSR count). The van der Waals surface area contributed by atoms with Crippen LogP contribution in [0.5, 0.6) is 11.5 Å². The molecule has 10 atom stereocenters. The van der Waals surface area contributed by atoms with Crippen LogP contribution in [0.25, 0.3) is 10.4 Å². The highest BCUT2D eigenvalue weighted by Gasteiger charge is 2.53. The molecule has 0 aliphatic carbocycles. The molecule has 1 amide bonds. The summed E-state index contributed by atoms with van der Waals surface area (Å²) < 4.78 is 55.7. The van der Waals surface area contributed by atoms with Gasteiger partial charge in [0.05, 0.1) is 39.6 Å². The van der Waals surface area contributed by atoms with Gasteiger partial charge in [-0.15, -0.1) is 0 Å². The summed E-state index contributed by atoms with van der Waals surface area (Å²) in [6, 6.07) is 41.1. The number of benzene rings is 5. The smallest absolute Gasteiger partial charge is 0.410 e. The fourth-order valence-corrected chi connectivity index (χ4v) is 8.40. The Labute approximate surface area is 419 Å². The standard InChI is InChI=1S/C54H64N4O14/c1-64-42-24-26-43(27-25-42)66-36-45-49(72-52-46(56-57-55)50(47(61)44(32-60)70-52)67-33-39-16-8-3-9-17-39)51(68-34-40-18-10-4-11-19-40)48(62)53(71-45)65-29-13-5-12-28-58(30-37-14-6-2-7-15-37)54(63)69-35-41-22-20-38(31-59)21-23-41/h2-4,6-11,14-27,44-53,59-62H,5,12-13,28-36H2,1H3/t44-,45+,46-,47-,48-,49-,50-,51-,52-,53-/m1/s1. The number of rotatable bonds is 26. The first-order valence-electron chi connectivity index (χ1n) is 24.1. The Hall–Kier alpha value is -6.12. The molecule has 0 saturated carbocycles. The number of nitrogens with zero attached hydrogens (tertiary/aromatic N) is 4. The van der Waals surface area contributed by atoms with Crippen molar-refractivity contribution in [2.45, 2.75) is 114 Å². The Bertz CT molecular complexity index is 2380. The summed E-state index contributed by atoms with van der Waals surface area (Å²) in [7, 11) is 1.56. The fourth-order valence-electron chi connectivity index (χ4n) is 8.40. The second-order valence-corrected chi connectivity index (χ2v) is 17.4. The molecule has 4 N–H and O–H groups in total. The molecular weight excluding hydrogens is 929 g/mol. The Kier molecular flexibility index (Phi) is 21.0. The van der Waals surface area contributed by atoms with Crippen LogP contribution in [0.4, 0.5) is 4.79 Å². The van der Waals surface area contributed by atoms with Gasteiger partial charge < -0.3 is 68.0 Å². The van der Waals surface area contributed by atoms with Crippen molar-refractivity contribution in [2.24, 2.45) is 5.11 Å². The summed E-state index contributed by atoms with van der Waals surface area (Å²) in [4.78, 5) is 18.1. The molecule has 18 nitrogen and oxygen atoms in total. The van der Waals surface area contributed by atoms with Gasteiger partial charge in [0.15, 0.2) is 12.6 Å². The molecule has 2 fully saturated rings. The molecule has 5 aromatic rings. The van der Waals surface area contributed by atoms with Crippen LogP contribution in [-0.4, -0.2) is 126 Å². The van der Waals surface area contributed by atoms with Gasteiger partial charge in [-0.05, 0) is 76.9 Å². The van der Waals surface area contributed by atoms with E-state index >= 15 is 0 Å². The number of ether oxygens (including phenoxy) is 9. The molecule has 384 valence electrons. The summed E-state index contributed by atoms with van der Waals surface area (Å²) in [5, 5.41) is 47.3. The maximum absolute atomic E-state index is 13.4. The van der Waals surface area contributed by atoms with E-state index in [9.17, 15) is 30.8 Å². The minimum absolute atomic E-state index is 0.0391. The van der Waals surface area contributed by atoms with Gasteiger partial charge in [0, 0.05) is 24.6 Å². The van der Waals surface area contributed by atoms with E-state index in [2.05, 4.69) is 10.0 Å². The number of carbonyl (C=O) groups is 1. The second-order valence-electron chi connectivity index (χ2n) is 17.4. The van der Waals surface area contributed by atoms with Gasteiger partial charge in [-0.2, -0.15) is 0 Å². The first-order chi connectivity index (χ1) is 35.3. The topological polar surface area (TPSA) is 233 Å². The summed E-state index contributed by atoms with van der Waals surface area (Å²) in [5.41, 5.74) is 13.9. The van der Waals surface area contributed by atoms with E-state index < -0.39 is 74.0 Å². The van der Waals surface area contributed by atoms with Crippen molar-refractivity contribution in [3.8, 4) is 11.5 Å². The normalized spacial score (nSPS) is 23.9. The third-order valence-electron chi connectivity index (χ3n) is 12.4. The van der Waals surface area contributed by atoms with Crippen molar-refractivity contribution < 1.29 is 67.9 Å². The summed E-state index contributed by atoms with van der Waals surface area (Å²) in [6.45, 7) is 0.258. The molecule has 2 aliphatic rings. The number of amides is 1.